The molecule has 0 aromatic carbocycles. The maximum Gasteiger partial charge on any atom is 0.152 e. The average Bonchev–Trinajstić information content (AvgIpc) is 2.02. The Labute approximate surface area is 79.8 Å². The van der Waals surface area contributed by atoms with Crippen molar-refractivity contribution in [3.63, 3.8) is 0 Å². The van der Waals surface area contributed by atoms with Crippen molar-refractivity contribution < 1.29 is 4.79 Å². The molecule has 0 rings (SSSR count). The number of hydrogen-bond donors (Lipinski definition) is 0. The molecule has 0 heterocycles. The number of alkyl halides is 1. The van der Waals surface area contributed by atoms with E-state index in [1.807, 2.05) is 6.08 Å². The van der Waals surface area contributed by atoms with E-state index >= 15 is 0 Å². The highest BCUT2D eigenvalue weighted by atomic mass is 35.5. The highest BCUT2D eigenvalue weighted by Crippen LogP contribution is 2.04. The summed E-state index contributed by atoms with van der Waals surface area (Å²) in [7, 11) is 0. The molecule has 0 atom stereocenters. The molecule has 0 amide bonds. The van der Waals surface area contributed by atoms with Gasteiger partial charge in [-0.05, 0) is 32.3 Å². The first-order valence-corrected chi connectivity index (χ1v) is 5.04. The highest BCUT2D eigenvalue weighted by Gasteiger charge is 1.87. The number of rotatable bonds is 7. The smallest absolute Gasteiger partial charge is 0.152 e. The lowest BCUT2D eigenvalue weighted by atomic mass is 10.1. The lowest BCUT2D eigenvalue weighted by Crippen LogP contribution is -1.81. The summed E-state index contributed by atoms with van der Waals surface area (Å²) in [6, 6.07) is 0. The number of allylic oxidation sites excluding steroid dienone is 2. The van der Waals surface area contributed by atoms with Crippen LogP contribution >= 0.6 is 11.6 Å². The monoisotopic (exact) mass is 188 g/mol. The van der Waals surface area contributed by atoms with Gasteiger partial charge in [0.15, 0.2) is 5.78 Å². The van der Waals surface area contributed by atoms with Gasteiger partial charge in [-0.1, -0.05) is 18.9 Å². The zero-order chi connectivity index (χ0) is 9.23. The van der Waals surface area contributed by atoms with Crippen LogP contribution in [0.25, 0.3) is 0 Å². The first-order chi connectivity index (χ1) is 5.77. The molecule has 70 valence electrons. The zero-order valence-corrected chi connectivity index (χ0v) is 8.44. The van der Waals surface area contributed by atoms with E-state index < -0.39 is 0 Å². The minimum absolute atomic E-state index is 0.135. The number of hydrogen-bond acceptors (Lipinski definition) is 1. The van der Waals surface area contributed by atoms with Crippen molar-refractivity contribution in [3.05, 3.63) is 12.2 Å². The summed E-state index contributed by atoms with van der Waals surface area (Å²) >= 11 is 5.52. The molecule has 0 aliphatic rings. The second-order valence-electron chi connectivity index (χ2n) is 2.90. The van der Waals surface area contributed by atoms with Crippen molar-refractivity contribution in [3.8, 4) is 0 Å². The summed E-state index contributed by atoms with van der Waals surface area (Å²) in [6.07, 6.45) is 9.30. The van der Waals surface area contributed by atoms with Crippen LogP contribution in [0.5, 0.6) is 0 Å². The van der Waals surface area contributed by atoms with Crippen LogP contribution in [-0.4, -0.2) is 11.7 Å². The van der Waals surface area contributed by atoms with Crippen molar-refractivity contribution >= 4 is 17.4 Å². The Bertz CT molecular complexity index is 141. The summed E-state index contributed by atoms with van der Waals surface area (Å²) in [4.78, 5) is 10.5. The van der Waals surface area contributed by atoms with E-state index in [-0.39, 0.29) is 5.78 Å². The van der Waals surface area contributed by atoms with Gasteiger partial charge in [-0.15, -0.1) is 11.6 Å². The molecule has 0 N–H and O–H groups in total. The molecule has 0 fully saturated rings. The second kappa shape index (κ2) is 8.79. The van der Waals surface area contributed by atoms with Crippen molar-refractivity contribution in [2.75, 3.05) is 5.88 Å². The standard InChI is InChI=1S/C10H17ClO/c1-10(12)8-6-4-2-3-5-7-9-11/h6,8H,2-5,7,9H2,1H3. The Balaban J connectivity index is 3.05. The topological polar surface area (TPSA) is 17.1 Å². The lowest BCUT2D eigenvalue weighted by Gasteiger charge is -1.94. The summed E-state index contributed by atoms with van der Waals surface area (Å²) in [5, 5.41) is 0. The quantitative estimate of drug-likeness (QED) is 0.340. The van der Waals surface area contributed by atoms with Crippen LogP contribution in [0.3, 0.4) is 0 Å². The third-order valence-corrected chi connectivity index (χ3v) is 1.87. The number of ketones is 1. The normalized spacial score (nSPS) is 10.8. The molecular formula is C10H17ClO. The van der Waals surface area contributed by atoms with Crippen molar-refractivity contribution in [1.29, 1.82) is 0 Å². The fourth-order valence-corrected chi connectivity index (χ4v) is 1.15. The average molecular weight is 189 g/mol. The first kappa shape index (κ1) is 11.7. The van der Waals surface area contributed by atoms with E-state index in [1.165, 1.54) is 19.3 Å². The molecule has 0 radical (unpaired) electrons. The molecule has 0 aromatic heterocycles. The molecule has 0 spiro atoms. The third kappa shape index (κ3) is 9.70. The number of unbranched alkanes of at least 4 members (excludes halogenated alkanes) is 4. The van der Waals surface area contributed by atoms with Gasteiger partial charge >= 0.3 is 0 Å². The molecule has 1 nitrogen and oxygen atoms in total. The molecular weight excluding hydrogens is 172 g/mol. The predicted octanol–water partition coefficient (Wildman–Crippen LogP) is 3.32. The molecule has 12 heavy (non-hydrogen) atoms. The van der Waals surface area contributed by atoms with Crippen LogP contribution in [-0.2, 0) is 4.79 Å². The molecule has 0 bridgehead atoms. The maximum absolute atomic E-state index is 10.5. The van der Waals surface area contributed by atoms with Crippen LogP contribution in [0.4, 0.5) is 0 Å². The van der Waals surface area contributed by atoms with E-state index in [0.29, 0.717) is 0 Å². The molecule has 0 aromatic rings. The van der Waals surface area contributed by atoms with Gasteiger partial charge in [-0.3, -0.25) is 4.79 Å². The second-order valence-corrected chi connectivity index (χ2v) is 3.28. The third-order valence-electron chi connectivity index (χ3n) is 1.61. The predicted molar refractivity (Wildman–Crippen MR) is 53.6 cm³/mol. The SMILES string of the molecule is CC(=O)C=CCCCCCCCl. The van der Waals surface area contributed by atoms with Crippen LogP contribution in [0.2, 0.25) is 0 Å². The fraction of sp³-hybridized carbons (Fsp3) is 0.700. The molecule has 0 saturated carbocycles. The number of carbonyl (C=O) groups excluding carboxylic acids is 1. The Morgan fingerprint density at radius 1 is 1.25 bits per heavy atom. The summed E-state index contributed by atoms with van der Waals surface area (Å²) < 4.78 is 0. The van der Waals surface area contributed by atoms with Crippen LogP contribution in [0, 0.1) is 0 Å². The highest BCUT2D eigenvalue weighted by molar-refractivity contribution is 6.17. The Morgan fingerprint density at radius 3 is 2.50 bits per heavy atom. The van der Waals surface area contributed by atoms with Gasteiger partial charge in [0.05, 0.1) is 0 Å². The lowest BCUT2D eigenvalue weighted by molar-refractivity contribution is -0.112. The summed E-state index contributed by atoms with van der Waals surface area (Å²) in [6.45, 7) is 1.57. The van der Waals surface area contributed by atoms with E-state index in [0.717, 1.165) is 18.7 Å². The summed E-state index contributed by atoms with van der Waals surface area (Å²) in [5.74, 6) is 0.902. The molecule has 0 aliphatic carbocycles. The molecule has 2 heteroatoms. The van der Waals surface area contributed by atoms with E-state index in [2.05, 4.69) is 0 Å². The van der Waals surface area contributed by atoms with Gasteiger partial charge in [0, 0.05) is 5.88 Å². The van der Waals surface area contributed by atoms with E-state index in [1.54, 1.807) is 13.0 Å². The largest absolute Gasteiger partial charge is 0.295 e. The Kier molecular flexibility index (Phi) is 8.57. The van der Waals surface area contributed by atoms with Gasteiger partial charge in [-0.2, -0.15) is 0 Å². The minimum Gasteiger partial charge on any atom is -0.295 e. The van der Waals surface area contributed by atoms with Gasteiger partial charge in [-0.25, -0.2) is 0 Å². The Morgan fingerprint density at radius 2 is 1.92 bits per heavy atom. The van der Waals surface area contributed by atoms with E-state index in [9.17, 15) is 4.79 Å². The van der Waals surface area contributed by atoms with Crippen molar-refractivity contribution in [2.24, 2.45) is 0 Å². The first-order valence-electron chi connectivity index (χ1n) is 4.50. The van der Waals surface area contributed by atoms with E-state index in [4.69, 9.17) is 11.6 Å². The number of carbonyl (C=O) groups is 1. The van der Waals surface area contributed by atoms with Gasteiger partial charge in [0.1, 0.15) is 0 Å². The Hall–Kier alpha value is -0.300. The molecule has 0 saturated heterocycles. The van der Waals surface area contributed by atoms with Gasteiger partial charge in [0.25, 0.3) is 0 Å². The van der Waals surface area contributed by atoms with Crippen molar-refractivity contribution in [1.82, 2.24) is 0 Å². The fourth-order valence-electron chi connectivity index (χ4n) is 0.960. The van der Waals surface area contributed by atoms with Crippen LogP contribution in [0.15, 0.2) is 12.2 Å². The number of halogens is 1. The van der Waals surface area contributed by atoms with Crippen LogP contribution in [0.1, 0.15) is 39.0 Å². The van der Waals surface area contributed by atoms with Crippen LogP contribution < -0.4 is 0 Å². The minimum atomic E-state index is 0.135. The zero-order valence-electron chi connectivity index (χ0n) is 7.68. The molecule has 0 aliphatic heterocycles. The summed E-state index contributed by atoms with van der Waals surface area (Å²) in [5.41, 5.74) is 0. The maximum atomic E-state index is 10.5. The van der Waals surface area contributed by atoms with Gasteiger partial charge < -0.3 is 0 Å². The molecule has 0 unspecified atom stereocenters. The van der Waals surface area contributed by atoms with Crippen molar-refractivity contribution in [2.45, 2.75) is 39.0 Å². The van der Waals surface area contributed by atoms with Gasteiger partial charge in [0.2, 0.25) is 0 Å².